The van der Waals surface area contributed by atoms with Crippen molar-refractivity contribution >= 4 is 17.9 Å². The minimum Gasteiger partial charge on any atom is -0.462 e. The first-order valence-corrected chi connectivity index (χ1v) is 31.3. The van der Waals surface area contributed by atoms with Crippen LogP contribution in [0.2, 0.25) is 0 Å². The fourth-order valence-electron chi connectivity index (χ4n) is 9.44. The van der Waals surface area contributed by atoms with Gasteiger partial charge in [0, 0.05) is 19.3 Å². The molecule has 1 atom stereocenters. The molecule has 0 aliphatic rings. The Hall–Kier alpha value is -2.11. The number of carbonyl (C=O) groups is 3. The van der Waals surface area contributed by atoms with Crippen molar-refractivity contribution in [1.82, 2.24) is 0 Å². The number of ether oxygens (including phenoxy) is 3. The van der Waals surface area contributed by atoms with Gasteiger partial charge < -0.3 is 14.2 Å². The number of hydrogen-bond donors (Lipinski definition) is 0. The van der Waals surface area contributed by atoms with Crippen LogP contribution in [0.4, 0.5) is 0 Å². The van der Waals surface area contributed by atoms with Crippen LogP contribution in [0.25, 0.3) is 0 Å². The highest BCUT2D eigenvalue weighted by atomic mass is 16.6. The van der Waals surface area contributed by atoms with Crippen LogP contribution < -0.4 is 0 Å². The third kappa shape index (κ3) is 56.8. The van der Waals surface area contributed by atoms with E-state index in [1.54, 1.807) is 0 Å². The van der Waals surface area contributed by atoms with Gasteiger partial charge in [0.1, 0.15) is 13.2 Å². The number of allylic oxidation sites excluding steroid dienone is 4. The maximum absolute atomic E-state index is 12.9. The Morgan fingerprint density at radius 3 is 0.714 bits per heavy atom. The zero-order valence-electron chi connectivity index (χ0n) is 47.3. The lowest BCUT2D eigenvalue weighted by molar-refractivity contribution is -0.167. The van der Waals surface area contributed by atoms with Crippen molar-refractivity contribution in [3.63, 3.8) is 0 Å². The summed E-state index contributed by atoms with van der Waals surface area (Å²) in [5.74, 6) is -0.859. The normalized spacial score (nSPS) is 12.1. The molecule has 6 heteroatoms. The molecule has 0 heterocycles. The quantitative estimate of drug-likeness (QED) is 0.0261. The van der Waals surface area contributed by atoms with Crippen LogP contribution in [-0.4, -0.2) is 37.2 Å². The standard InChI is InChI=1S/C64H120O6/c1-4-7-10-13-16-19-22-25-28-31-32-34-36-39-42-45-48-51-54-57-63(66)69-60-61(59-68-62(65)56-53-50-47-44-41-38-35-30-27-24-21-18-15-12-9-6-3)70-64(67)58-55-52-49-46-43-40-37-33-29-26-23-20-17-14-11-8-5-2/h26,29-30,35,61H,4-25,27-28,31-34,36-60H2,1-3H3/b29-26-,35-30-/t61-/m1/s1. The molecule has 0 unspecified atom stereocenters. The molecule has 0 spiro atoms. The number of hydrogen-bond acceptors (Lipinski definition) is 6. The van der Waals surface area contributed by atoms with Crippen LogP contribution in [0, 0.1) is 0 Å². The summed E-state index contributed by atoms with van der Waals surface area (Å²) in [6.07, 6.45) is 70.3. The lowest BCUT2D eigenvalue weighted by Crippen LogP contribution is -2.30. The predicted molar refractivity (Wildman–Crippen MR) is 303 cm³/mol. The Morgan fingerprint density at radius 1 is 0.271 bits per heavy atom. The zero-order chi connectivity index (χ0) is 50.7. The van der Waals surface area contributed by atoms with E-state index in [9.17, 15) is 14.4 Å². The number of rotatable bonds is 58. The summed E-state index contributed by atoms with van der Waals surface area (Å²) in [4.78, 5) is 38.3. The Morgan fingerprint density at radius 2 is 0.471 bits per heavy atom. The van der Waals surface area contributed by atoms with Gasteiger partial charge in [-0.3, -0.25) is 14.4 Å². The van der Waals surface area contributed by atoms with Crippen LogP contribution in [-0.2, 0) is 28.6 Å². The van der Waals surface area contributed by atoms with Gasteiger partial charge in [-0.05, 0) is 70.6 Å². The predicted octanol–water partition coefficient (Wildman–Crippen LogP) is 21.1. The molecule has 0 amide bonds. The van der Waals surface area contributed by atoms with Gasteiger partial charge in [-0.15, -0.1) is 0 Å². The summed E-state index contributed by atoms with van der Waals surface area (Å²) in [6, 6.07) is 0. The van der Waals surface area contributed by atoms with Crippen LogP contribution in [0.5, 0.6) is 0 Å². The van der Waals surface area contributed by atoms with Gasteiger partial charge in [0.05, 0.1) is 0 Å². The van der Waals surface area contributed by atoms with Crippen LogP contribution in [0.15, 0.2) is 24.3 Å². The Labute approximate surface area is 436 Å². The molecule has 0 bridgehead atoms. The molecule has 0 aromatic heterocycles. The van der Waals surface area contributed by atoms with Crippen molar-refractivity contribution in [2.75, 3.05) is 13.2 Å². The lowest BCUT2D eigenvalue weighted by Gasteiger charge is -2.18. The van der Waals surface area contributed by atoms with Crippen LogP contribution in [0.3, 0.4) is 0 Å². The fraction of sp³-hybridized carbons (Fsp3) is 0.891. The first kappa shape index (κ1) is 67.9. The van der Waals surface area contributed by atoms with Crippen molar-refractivity contribution in [2.45, 2.75) is 354 Å². The minimum atomic E-state index is -0.774. The summed E-state index contributed by atoms with van der Waals surface area (Å²) < 4.78 is 16.9. The van der Waals surface area contributed by atoms with E-state index >= 15 is 0 Å². The fourth-order valence-corrected chi connectivity index (χ4v) is 9.44. The highest BCUT2D eigenvalue weighted by Crippen LogP contribution is 2.17. The van der Waals surface area contributed by atoms with E-state index in [2.05, 4.69) is 45.1 Å². The van der Waals surface area contributed by atoms with E-state index in [0.717, 1.165) is 64.2 Å². The smallest absolute Gasteiger partial charge is 0.306 e. The van der Waals surface area contributed by atoms with Crippen molar-refractivity contribution in [3.05, 3.63) is 24.3 Å². The average molecular weight is 986 g/mol. The Balaban J connectivity index is 4.33. The van der Waals surface area contributed by atoms with Crippen LogP contribution in [0.1, 0.15) is 348 Å². The highest BCUT2D eigenvalue weighted by Gasteiger charge is 2.19. The Kier molecular flexibility index (Phi) is 57.7. The van der Waals surface area contributed by atoms with Gasteiger partial charge in [0.2, 0.25) is 0 Å². The molecule has 0 saturated carbocycles. The van der Waals surface area contributed by atoms with Crippen molar-refractivity contribution < 1.29 is 28.6 Å². The van der Waals surface area contributed by atoms with E-state index in [4.69, 9.17) is 14.2 Å². The first-order chi connectivity index (χ1) is 34.5. The van der Waals surface area contributed by atoms with Gasteiger partial charge in [0.25, 0.3) is 0 Å². The molecule has 70 heavy (non-hydrogen) atoms. The summed E-state index contributed by atoms with van der Waals surface area (Å²) in [7, 11) is 0. The molecule has 0 radical (unpaired) electrons. The number of carbonyl (C=O) groups excluding carboxylic acids is 3. The summed E-state index contributed by atoms with van der Waals surface area (Å²) in [5, 5.41) is 0. The minimum absolute atomic E-state index is 0.0707. The second kappa shape index (κ2) is 59.5. The first-order valence-electron chi connectivity index (χ1n) is 31.3. The maximum Gasteiger partial charge on any atom is 0.306 e. The monoisotopic (exact) mass is 985 g/mol. The summed E-state index contributed by atoms with van der Waals surface area (Å²) in [6.45, 7) is 6.69. The molecule has 0 aromatic rings. The zero-order valence-corrected chi connectivity index (χ0v) is 47.3. The summed E-state index contributed by atoms with van der Waals surface area (Å²) >= 11 is 0. The SMILES string of the molecule is CCCCCCCC/C=C\CCCCCCCCCC(=O)O[C@H](COC(=O)CCCCCCC/C=C\CCCCCCCCC)COC(=O)CCCCCCCCCCCCCCCCCCCCC. The molecule has 0 N–H and O–H groups in total. The molecule has 412 valence electrons. The maximum atomic E-state index is 12.9. The van der Waals surface area contributed by atoms with E-state index in [0.29, 0.717) is 19.3 Å². The van der Waals surface area contributed by atoms with Gasteiger partial charge in [0.15, 0.2) is 6.10 Å². The molecule has 0 fully saturated rings. The Bertz CT molecular complexity index is 1130. The van der Waals surface area contributed by atoms with Crippen LogP contribution >= 0.6 is 0 Å². The van der Waals surface area contributed by atoms with Gasteiger partial charge in [-0.1, -0.05) is 283 Å². The third-order valence-corrected chi connectivity index (χ3v) is 14.2. The van der Waals surface area contributed by atoms with E-state index in [1.165, 1.54) is 244 Å². The molecule has 0 aliphatic heterocycles. The van der Waals surface area contributed by atoms with Crippen molar-refractivity contribution in [3.8, 4) is 0 Å². The second-order valence-corrected chi connectivity index (χ2v) is 21.3. The van der Waals surface area contributed by atoms with E-state index in [1.807, 2.05) is 0 Å². The second-order valence-electron chi connectivity index (χ2n) is 21.3. The number of unbranched alkanes of at least 4 members (excludes halogenated alkanes) is 43. The molecule has 6 nitrogen and oxygen atoms in total. The number of esters is 3. The molecular weight excluding hydrogens is 865 g/mol. The molecular formula is C64H120O6. The largest absolute Gasteiger partial charge is 0.462 e. The summed E-state index contributed by atoms with van der Waals surface area (Å²) in [5.41, 5.74) is 0. The van der Waals surface area contributed by atoms with E-state index < -0.39 is 6.10 Å². The lowest BCUT2D eigenvalue weighted by atomic mass is 10.0. The highest BCUT2D eigenvalue weighted by molar-refractivity contribution is 5.71. The third-order valence-electron chi connectivity index (χ3n) is 14.2. The molecule has 0 aromatic carbocycles. The van der Waals surface area contributed by atoms with E-state index in [-0.39, 0.29) is 31.1 Å². The van der Waals surface area contributed by atoms with Gasteiger partial charge >= 0.3 is 17.9 Å². The van der Waals surface area contributed by atoms with Crippen molar-refractivity contribution in [1.29, 1.82) is 0 Å². The van der Waals surface area contributed by atoms with Gasteiger partial charge in [-0.2, -0.15) is 0 Å². The molecule has 0 saturated heterocycles. The van der Waals surface area contributed by atoms with Gasteiger partial charge in [-0.25, -0.2) is 0 Å². The average Bonchev–Trinajstić information content (AvgIpc) is 3.36. The van der Waals surface area contributed by atoms with Crippen molar-refractivity contribution in [2.24, 2.45) is 0 Å². The topological polar surface area (TPSA) is 78.9 Å². The molecule has 0 aliphatic carbocycles. The molecule has 0 rings (SSSR count).